The Hall–Kier alpha value is -1.65. The van der Waals surface area contributed by atoms with Gasteiger partial charge in [0.1, 0.15) is 0 Å². The third-order valence-corrected chi connectivity index (χ3v) is 4.21. The van der Waals surface area contributed by atoms with Crippen molar-refractivity contribution in [1.29, 1.82) is 0 Å². The summed E-state index contributed by atoms with van der Waals surface area (Å²) in [5, 5.41) is 5.68. The van der Waals surface area contributed by atoms with Crippen molar-refractivity contribution in [1.82, 2.24) is 9.78 Å². The van der Waals surface area contributed by atoms with Crippen molar-refractivity contribution in [2.24, 2.45) is 5.73 Å². The van der Waals surface area contributed by atoms with Gasteiger partial charge in [-0.2, -0.15) is 5.10 Å². The molecule has 2 unspecified atom stereocenters. The zero-order valence-corrected chi connectivity index (χ0v) is 12.8. The van der Waals surface area contributed by atoms with Gasteiger partial charge in [-0.05, 0) is 24.6 Å². The third kappa shape index (κ3) is 2.25. The number of fused-ring (bicyclic) bond motifs is 1. The Morgan fingerprint density at radius 1 is 1.10 bits per heavy atom. The van der Waals surface area contributed by atoms with Crippen molar-refractivity contribution in [3.8, 4) is 0 Å². The Labute approximate surface area is 126 Å². The predicted molar refractivity (Wildman–Crippen MR) is 85.7 cm³/mol. The second kappa shape index (κ2) is 5.38. The van der Waals surface area contributed by atoms with Crippen molar-refractivity contribution in [3.63, 3.8) is 0 Å². The van der Waals surface area contributed by atoms with Gasteiger partial charge < -0.3 is 5.73 Å². The largest absolute Gasteiger partial charge is 0.326 e. The summed E-state index contributed by atoms with van der Waals surface area (Å²) in [5.74, 6) is 0. The molecule has 0 radical (unpaired) electrons. The van der Waals surface area contributed by atoms with Gasteiger partial charge in [-0.15, -0.1) is 0 Å². The normalized spacial score (nSPS) is 14.3. The highest BCUT2D eigenvalue weighted by atomic mass is 79.9. The number of para-hydroxylation sites is 1. The Morgan fingerprint density at radius 2 is 1.80 bits per heavy atom. The van der Waals surface area contributed by atoms with Crippen molar-refractivity contribution in [2.45, 2.75) is 19.0 Å². The van der Waals surface area contributed by atoms with E-state index in [4.69, 9.17) is 5.73 Å². The van der Waals surface area contributed by atoms with E-state index in [0.717, 1.165) is 20.9 Å². The van der Waals surface area contributed by atoms with Gasteiger partial charge in [-0.1, -0.05) is 52.3 Å². The van der Waals surface area contributed by atoms with Crippen molar-refractivity contribution in [2.75, 3.05) is 0 Å². The lowest BCUT2D eigenvalue weighted by atomic mass is 10.0. The minimum atomic E-state index is -0.0444. The number of nitrogens with two attached hydrogens (primary N) is 1. The van der Waals surface area contributed by atoms with Gasteiger partial charge in [0.2, 0.25) is 0 Å². The molecule has 20 heavy (non-hydrogen) atoms. The summed E-state index contributed by atoms with van der Waals surface area (Å²) in [7, 11) is 0. The van der Waals surface area contributed by atoms with E-state index in [1.165, 1.54) is 0 Å². The van der Waals surface area contributed by atoms with Crippen molar-refractivity contribution < 1.29 is 0 Å². The lowest BCUT2D eigenvalue weighted by Gasteiger charge is -2.24. The SMILES string of the molecule is CC(N)C(c1ccccc1Br)n1ncc2ccccc21. The Kier molecular flexibility index (Phi) is 3.59. The Balaban J connectivity index is 2.19. The standard InChI is InChI=1S/C16H16BrN3/c1-11(18)16(13-7-3-4-8-14(13)17)20-15-9-5-2-6-12(15)10-19-20/h2-11,16H,18H2,1H3. The molecular weight excluding hydrogens is 314 g/mol. The highest BCUT2D eigenvalue weighted by molar-refractivity contribution is 9.10. The van der Waals surface area contributed by atoms with E-state index < -0.39 is 0 Å². The first-order valence-electron chi connectivity index (χ1n) is 6.61. The maximum absolute atomic E-state index is 6.24. The number of benzene rings is 2. The van der Waals surface area contributed by atoms with Crippen LogP contribution in [0.5, 0.6) is 0 Å². The molecule has 102 valence electrons. The molecule has 3 nitrogen and oxygen atoms in total. The zero-order chi connectivity index (χ0) is 14.1. The molecule has 0 bridgehead atoms. The van der Waals surface area contributed by atoms with Crippen LogP contribution in [-0.4, -0.2) is 15.8 Å². The molecule has 1 aromatic heterocycles. The van der Waals surface area contributed by atoms with Crippen molar-refractivity contribution in [3.05, 3.63) is 64.8 Å². The van der Waals surface area contributed by atoms with Crippen LogP contribution in [0, 0.1) is 0 Å². The van der Waals surface area contributed by atoms with E-state index in [1.807, 2.05) is 48.1 Å². The molecule has 2 aromatic carbocycles. The molecule has 0 saturated carbocycles. The fraction of sp³-hybridized carbons (Fsp3) is 0.188. The van der Waals surface area contributed by atoms with Crippen LogP contribution in [-0.2, 0) is 0 Å². The maximum atomic E-state index is 6.24. The number of halogens is 1. The van der Waals surface area contributed by atoms with E-state index in [-0.39, 0.29) is 12.1 Å². The van der Waals surface area contributed by atoms with Gasteiger partial charge in [0, 0.05) is 15.9 Å². The maximum Gasteiger partial charge on any atom is 0.0934 e. The van der Waals surface area contributed by atoms with Gasteiger partial charge >= 0.3 is 0 Å². The zero-order valence-electron chi connectivity index (χ0n) is 11.2. The monoisotopic (exact) mass is 329 g/mol. The first kappa shape index (κ1) is 13.3. The minimum absolute atomic E-state index is 0.00507. The average molecular weight is 330 g/mol. The Bertz CT molecular complexity index is 733. The number of nitrogens with zero attached hydrogens (tertiary/aromatic N) is 2. The third-order valence-electron chi connectivity index (χ3n) is 3.49. The summed E-state index contributed by atoms with van der Waals surface area (Å²) in [6.07, 6.45) is 1.89. The first-order valence-corrected chi connectivity index (χ1v) is 7.40. The second-order valence-corrected chi connectivity index (χ2v) is 5.83. The van der Waals surface area contributed by atoms with Crippen LogP contribution in [0.1, 0.15) is 18.5 Å². The molecule has 1 heterocycles. The number of aromatic nitrogens is 2. The summed E-state index contributed by atoms with van der Waals surface area (Å²) >= 11 is 3.62. The van der Waals surface area contributed by atoms with Gasteiger partial charge in [-0.25, -0.2) is 0 Å². The highest BCUT2D eigenvalue weighted by Crippen LogP contribution is 2.30. The molecule has 0 saturated heterocycles. The molecule has 0 aliphatic carbocycles. The highest BCUT2D eigenvalue weighted by Gasteiger charge is 2.22. The lowest BCUT2D eigenvalue weighted by Crippen LogP contribution is -2.31. The van der Waals surface area contributed by atoms with E-state index >= 15 is 0 Å². The van der Waals surface area contributed by atoms with Gasteiger partial charge in [0.25, 0.3) is 0 Å². The predicted octanol–water partition coefficient (Wildman–Crippen LogP) is 3.74. The topological polar surface area (TPSA) is 43.8 Å². The molecule has 0 spiro atoms. The van der Waals surface area contributed by atoms with Crippen LogP contribution in [0.4, 0.5) is 0 Å². The van der Waals surface area contributed by atoms with Crippen LogP contribution in [0.2, 0.25) is 0 Å². The van der Waals surface area contributed by atoms with Crippen LogP contribution < -0.4 is 5.73 Å². The molecule has 0 amide bonds. The summed E-state index contributed by atoms with van der Waals surface area (Å²) in [6.45, 7) is 2.01. The molecule has 0 aliphatic heterocycles. The van der Waals surface area contributed by atoms with Crippen molar-refractivity contribution >= 4 is 26.8 Å². The molecule has 3 aromatic rings. The summed E-state index contributed by atoms with van der Waals surface area (Å²) in [5.41, 5.74) is 8.49. The molecule has 2 N–H and O–H groups in total. The van der Waals surface area contributed by atoms with Gasteiger partial charge in [0.05, 0.1) is 17.8 Å². The smallest absolute Gasteiger partial charge is 0.0934 e. The average Bonchev–Trinajstić information content (AvgIpc) is 2.85. The minimum Gasteiger partial charge on any atom is -0.326 e. The number of rotatable bonds is 3. The molecule has 4 heteroatoms. The first-order chi connectivity index (χ1) is 9.68. The quantitative estimate of drug-likeness (QED) is 0.795. The number of hydrogen-bond donors (Lipinski definition) is 1. The molecule has 0 aliphatic rings. The Morgan fingerprint density at radius 3 is 2.55 bits per heavy atom. The fourth-order valence-corrected chi connectivity index (χ4v) is 3.09. The number of hydrogen-bond acceptors (Lipinski definition) is 2. The molecule has 3 rings (SSSR count). The summed E-state index contributed by atoms with van der Waals surface area (Å²) < 4.78 is 3.07. The van der Waals surface area contributed by atoms with Crippen LogP contribution >= 0.6 is 15.9 Å². The fourth-order valence-electron chi connectivity index (χ4n) is 2.57. The molecule has 0 fully saturated rings. The van der Waals surface area contributed by atoms with Crippen LogP contribution in [0.15, 0.2) is 59.2 Å². The van der Waals surface area contributed by atoms with E-state index in [0.29, 0.717) is 0 Å². The van der Waals surface area contributed by atoms with E-state index in [9.17, 15) is 0 Å². The second-order valence-electron chi connectivity index (χ2n) is 4.97. The lowest BCUT2D eigenvalue weighted by molar-refractivity contribution is 0.465. The van der Waals surface area contributed by atoms with Crippen LogP contribution in [0.25, 0.3) is 10.9 Å². The van der Waals surface area contributed by atoms with Gasteiger partial charge in [0.15, 0.2) is 0 Å². The van der Waals surface area contributed by atoms with Crippen LogP contribution in [0.3, 0.4) is 0 Å². The van der Waals surface area contributed by atoms with Gasteiger partial charge in [-0.3, -0.25) is 4.68 Å². The summed E-state index contributed by atoms with van der Waals surface area (Å²) in [6, 6.07) is 16.3. The molecular formula is C16H16BrN3. The van der Waals surface area contributed by atoms with E-state index in [1.54, 1.807) is 0 Å². The van der Waals surface area contributed by atoms with E-state index in [2.05, 4.69) is 39.2 Å². The molecule has 2 atom stereocenters. The summed E-state index contributed by atoms with van der Waals surface area (Å²) in [4.78, 5) is 0.